The van der Waals surface area contributed by atoms with E-state index >= 15 is 0 Å². The molecule has 2 N–H and O–H groups in total. The monoisotopic (exact) mass is 246 g/mol. The van der Waals surface area contributed by atoms with Gasteiger partial charge in [-0.2, -0.15) is 0 Å². The van der Waals surface area contributed by atoms with Crippen LogP contribution in [0.3, 0.4) is 0 Å². The molecule has 0 saturated heterocycles. The lowest BCUT2D eigenvalue weighted by atomic mass is 9.91. The first-order chi connectivity index (χ1) is 8.56. The third-order valence-corrected chi connectivity index (χ3v) is 3.69. The summed E-state index contributed by atoms with van der Waals surface area (Å²) in [6.07, 6.45) is 3.26. The van der Waals surface area contributed by atoms with E-state index in [0.29, 0.717) is 6.54 Å². The van der Waals surface area contributed by atoms with Gasteiger partial charge in [-0.3, -0.25) is 4.79 Å². The highest BCUT2D eigenvalue weighted by molar-refractivity contribution is 5.98. The van der Waals surface area contributed by atoms with Crippen molar-refractivity contribution in [2.24, 2.45) is 11.1 Å². The van der Waals surface area contributed by atoms with Crippen molar-refractivity contribution in [1.82, 2.24) is 0 Å². The predicted molar refractivity (Wildman–Crippen MR) is 74.6 cm³/mol. The molecular weight excluding hydrogens is 224 g/mol. The number of rotatable bonds is 2. The number of nitrogens with zero attached hydrogens (tertiary/aromatic N) is 1. The van der Waals surface area contributed by atoms with Gasteiger partial charge in [0.05, 0.1) is 5.41 Å². The van der Waals surface area contributed by atoms with Gasteiger partial charge in [-0.05, 0) is 44.7 Å². The molecule has 0 bridgehead atoms. The van der Waals surface area contributed by atoms with Crippen LogP contribution in [0, 0.1) is 5.41 Å². The predicted octanol–water partition coefficient (Wildman–Crippen LogP) is 2.34. The van der Waals surface area contributed by atoms with Crippen LogP contribution < -0.4 is 10.6 Å². The van der Waals surface area contributed by atoms with E-state index in [-0.39, 0.29) is 5.91 Å². The summed E-state index contributed by atoms with van der Waals surface area (Å²) in [6, 6.07) is 8.21. The highest BCUT2D eigenvalue weighted by Crippen LogP contribution is 2.29. The molecule has 0 atom stereocenters. The summed E-state index contributed by atoms with van der Waals surface area (Å²) in [5, 5.41) is 0. The molecule has 1 aliphatic rings. The highest BCUT2D eigenvalue weighted by Gasteiger charge is 2.32. The van der Waals surface area contributed by atoms with E-state index in [0.717, 1.165) is 31.5 Å². The third kappa shape index (κ3) is 2.41. The fourth-order valence-electron chi connectivity index (χ4n) is 2.35. The van der Waals surface area contributed by atoms with Crippen molar-refractivity contribution in [3.8, 4) is 0 Å². The SMILES string of the molecule is CC(C)(CN)C(=O)N1CCCCc2ccccc21. The standard InChI is InChI=1S/C15H22N2O/c1-15(2,11-16)14(18)17-10-6-5-8-12-7-3-4-9-13(12)17/h3-4,7,9H,5-6,8,10-11,16H2,1-2H3. The van der Waals surface area contributed by atoms with Crippen LogP contribution in [0.2, 0.25) is 0 Å². The van der Waals surface area contributed by atoms with E-state index in [2.05, 4.69) is 6.07 Å². The molecule has 0 fully saturated rings. The summed E-state index contributed by atoms with van der Waals surface area (Å²) in [5.74, 6) is 0.138. The molecule has 1 heterocycles. The quantitative estimate of drug-likeness (QED) is 0.870. The number of carbonyl (C=O) groups excluding carboxylic acids is 1. The minimum absolute atomic E-state index is 0.138. The van der Waals surface area contributed by atoms with Crippen LogP contribution in [-0.2, 0) is 11.2 Å². The summed E-state index contributed by atoms with van der Waals surface area (Å²) in [5.41, 5.74) is 7.58. The topological polar surface area (TPSA) is 46.3 Å². The van der Waals surface area contributed by atoms with Gasteiger partial charge in [0.25, 0.3) is 0 Å². The number of hydrogen-bond acceptors (Lipinski definition) is 2. The molecule has 0 unspecified atom stereocenters. The van der Waals surface area contributed by atoms with Gasteiger partial charge in [0.2, 0.25) is 5.91 Å². The molecule has 2 rings (SSSR count). The molecule has 0 aliphatic carbocycles. The van der Waals surface area contributed by atoms with Gasteiger partial charge in [-0.15, -0.1) is 0 Å². The Kier molecular flexibility index (Phi) is 3.71. The number of benzene rings is 1. The second-order valence-electron chi connectivity index (χ2n) is 5.63. The van der Waals surface area contributed by atoms with Crippen LogP contribution in [-0.4, -0.2) is 19.0 Å². The lowest BCUT2D eigenvalue weighted by Gasteiger charge is -2.31. The first-order valence-electron chi connectivity index (χ1n) is 6.66. The maximum atomic E-state index is 12.6. The van der Waals surface area contributed by atoms with Crippen LogP contribution >= 0.6 is 0 Å². The van der Waals surface area contributed by atoms with Crippen LogP contribution in [0.4, 0.5) is 5.69 Å². The molecule has 0 radical (unpaired) electrons. The van der Waals surface area contributed by atoms with Crippen molar-refractivity contribution in [2.45, 2.75) is 33.1 Å². The normalized spacial score (nSPS) is 16.1. The molecule has 0 saturated carbocycles. The Hall–Kier alpha value is -1.35. The first-order valence-corrected chi connectivity index (χ1v) is 6.66. The first kappa shape index (κ1) is 13.1. The number of amides is 1. The highest BCUT2D eigenvalue weighted by atomic mass is 16.2. The average Bonchev–Trinajstić information content (AvgIpc) is 2.60. The Bertz CT molecular complexity index is 440. The average molecular weight is 246 g/mol. The van der Waals surface area contributed by atoms with Gasteiger partial charge in [0, 0.05) is 18.8 Å². The molecule has 98 valence electrons. The van der Waals surface area contributed by atoms with Crippen molar-refractivity contribution in [1.29, 1.82) is 0 Å². The zero-order valence-corrected chi connectivity index (χ0v) is 11.3. The van der Waals surface area contributed by atoms with Crippen LogP contribution in [0.5, 0.6) is 0 Å². The minimum Gasteiger partial charge on any atom is -0.329 e. The Morgan fingerprint density at radius 3 is 2.78 bits per heavy atom. The number of aryl methyl sites for hydroxylation is 1. The van der Waals surface area contributed by atoms with E-state index in [1.54, 1.807) is 0 Å². The third-order valence-electron chi connectivity index (χ3n) is 3.69. The Labute approximate surface area is 109 Å². The number of fused-ring (bicyclic) bond motifs is 1. The van der Waals surface area contributed by atoms with Gasteiger partial charge < -0.3 is 10.6 Å². The van der Waals surface area contributed by atoms with Crippen molar-refractivity contribution < 1.29 is 4.79 Å². The Morgan fingerprint density at radius 2 is 2.06 bits per heavy atom. The second-order valence-corrected chi connectivity index (χ2v) is 5.63. The van der Waals surface area contributed by atoms with Gasteiger partial charge >= 0.3 is 0 Å². The fourth-order valence-corrected chi connectivity index (χ4v) is 2.35. The van der Waals surface area contributed by atoms with Crippen LogP contribution in [0.25, 0.3) is 0 Å². The zero-order chi connectivity index (χ0) is 13.2. The van der Waals surface area contributed by atoms with Crippen molar-refractivity contribution >= 4 is 11.6 Å². The van der Waals surface area contributed by atoms with E-state index in [1.807, 2.05) is 36.9 Å². The molecular formula is C15H22N2O. The Balaban J connectivity index is 2.36. The van der Waals surface area contributed by atoms with E-state index in [1.165, 1.54) is 5.56 Å². The number of carbonyl (C=O) groups is 1. The summed E-state index contributed by atoms with van der Waals surface area (Å²) in [4.78, 5) is 14.5. The van der Waals surface area contributed by atoms with Gasteiger partial charge in [-0.25, -0.2) is 0 Å². The number of anilines is 1. The largest absolute Gasteiger partial charge is 0.329 e. The molecule has 1 aliphatic heterocycles. The van der Waals surface area contributed by atoms with Crippen LogP contribution in [0.1, 0.15) is 32.3 Å². The van der Waals surface area contributed by atoms with Gasteiger partial charge in [-0.1, -0.05) is 18.2 Å². The molecule has 1 aromatic rings. The minimum atomic E-state index is -0.489. The van der Waals surface area contributed by atoms with E-state index in [9.17, 15) is 4.79 Å². The fraction of sp³-hybridized carbons (Fsp3) is 0.533. The number of hydrogen-bond donors (Lipinski definition) is 1. The summed E-state index contributed by atoms with van der Waals surface area (Å²) < 4.78 is 0. The summed E-state index contributed by atoms with van der Waals surface area (Å²) >= 11 is 0. The van der Waals surface area contributed by atoms with E-state index < -0.39 is 5.41 Å². The molecule has 3 nitrogen and oxygen atoms in total. The zero-order valence-electron chi connectivity index (χ0n) is 11.3. The smallest absolute Gasteiger partial charge is 0.233 e. The maximum Gasteiger partial charge on any atom is 0.233 e. The van der Waals surface area contributed by atoms with Crippen molar-refractivity contribution in [2.75, 3.05) is 18.0 Å². The molecule has 1 amide bonds. The van der Waals surface area contributed by atoms with Gasteiger partial charge in [0.15, 0.2) is 0 Å². The van der Waals surface area contributed by atoms with Crippen LogP contribution in [0.15, 0.2) is 24.3 Å². The second kappa shape index (κ2) is 5.11. The molecule has 18 heavy (non-hydrogen) atoms. The number of nitrogens with two attached hydrogens (primary N) is 1. The summed E-state index contributed by atoms with van der Waals surface area (Å²) in [7, 11) is 0. The lowest BCUT2D eigenvalue weighted by molar-refractivity contribution is -0.126. The lowest BCUT2D eigenvalue weighted by Crippen LogP contribution is -2.45. The Morgan fingerprint density at radius 1 is 1.33 bits per heavy atom. The number of para-hydroxylation sites is 1. The molecule has 0 spiro atoms. The molecule has 3 heteroatoms. The van der Waals surface area contributed by atoms with Crippen molar-refractivity contribution in [3.63, 3.8) is 0 Å². The van der Waals surface area contributed by atoms with Crippen molar-refractivity contribution in [3.05, 3.63) is 29.8 Å². The maximum absolute atomic E-state index is 12.6. The molecule has 1 aromatic carbocycles. The molecule has 0 aromatic heterocycles. The summed E-state index contributed by atoms with van der Waals surface area (Å²) in [6.45, 7) is 5.02. The van der Waals surface area contributed by atoms with Gasteiger partial charge in [0.1, 0.15) is 0 Å². The van der Waals surface area contributed by atoms with E-state index in [4.69, 9.17) is 5.73 Å².